The van der Waals surface area contributed by atoms with Crippen molar-refractivity contribution in [1.29, 1.82) is 0 Å². The van der Waals surface area contributed by atoms with Gasteiger partial charge in [-0.1, -0.05) is 30.0 Å². The molecule has 1 aromatic carbocycles. The maximum Gasteiger partial charge on any atom is 0.208 e. The molecule has 2 aromatic rings. The van der Waals surface area contributed by atoms with Crippen LogP contribution in [-0.2, 0) is 4.74 Å². The molecule has 0 spiro atoms. The number of ether oxygens (including phenoxy) is 1. The van der Waals surface area contributed by atoms with Crippen LogP contribution in [-0.4, -0.2) is 45.4 Å². The van der Waals surface area contributed by atoms with Gasteiger partial charge in [-0.2, -0.15) is 0 Å². The van der Waals surface area contributed by atoms with Crippen LogP contribution in [0.2, 0.25) is 0 Å². The highest BCUT2D eigenvalue weighted by molar-refractivity contribution is 7.99. The fourth-order valence-corrected chi connectivity index (χ4v) is 2.81. The Labute approximate surface area is 115 Å². The average Bonchev–Trinajstić information content (AvgIpc) is 2.88. The number of aliphatic hydroxyl groups excluding tert-OH is 1. The third kappa shape index (κ3) is 2.65. The quantitative estimate of drug-likeness (QED) is 0.836. The molecule has 100 valence electrons. The minimum absolute atomic E-state index is 0.108. The SMILES string of the molecule is OCC1(CSc2ncn(-c3ccccc3)n2)COC1. The van der Waals surface area contributed by atoms with E-state index >= 15 is 0 Å². The van der Waals surface area contributed by atoms with E-state index in [1.807, 2.05) is 30.3 Å². The summed E-state index contributed by atoms with van der Waals surface area (Å²) in [5, 5.41) is 14.5. The zero-order valence-electron chi connectivity index (χ0n) is 10.4. The van der Waals surface area contributed by atoms with E-state index < -0.39 is 0 Å². The predicted octanol–water partition coefficient (Wildman–Crippen LogP) is 1.37. The molecule has 1 aliphatic rings. The van der Waals surface area contributed by atoms with Crippen LogP contribution in [0.15, 0.2) is 41.8 Å². The molecule has 0 atom stereocenters. The Kier molecular flexibility index (Phi) is 3.54. The zero-order chi connectivity index (χ0) is 13.1. The van der Waals surface area contributed by atoms with Crippen molar-refractivity contribution in [2.45, 2.75) is 5.16 Å². The van der Waals surface area contributed by atoms with Gasteiger partial charge in [0.2, 0.25) is 5.16 Å². The molecule has 0 aliphatic carbocycles. The van der Waals surface area contributed by atoms with Crippen molar-refractivity contribution in [2.24, 2.45) is 5.41 Å². The number of para-hydroxylation sites is 1. The summed E-state index contributed by atoms with van der Waals surface area (Å²) in [6.45, 7) is 1.39. The number of aliphatic hydroxyl groups is 1. The maximum atomic E-state index is 9.36. The third-order valence-corrected chi connectivity index (χ3v) is 4.35. The van der Waals surface area contributed by atoms with Crippen molar-refractivity contribution in [3.05, 3.63) is 36.7 Å². The van der Waals surface area contributed by atoms with E-state index in [1.165, 1.54) is 0 Å². The number of thioether (sulfide) groups is 1. The van der Waals surface area contributed by atoms with Crippen LogP contribution in [0, 0.1) is 5.41 Å². The molecule has 19 heavy (non-hydrogen) atoms. The fourth-order valence-electron chi connectivity index (χ4n) is 1.85. The summed E-state index contributed by atoms with van der Waals surface area (Å²) in [6.07, 6.45) is 1.71. The second-order valence-corrected chi connectivity index (χ2v) is 5.69. The minimum atomic E-state index is -0.108. The molecular weight excluding hydrogens is 262 g/mol. The highest BCUT2D eigenvalue weighted by atomic mass is 32.2. The van der Waals surface area contributed by atoms with Gasteiger partial charge >= 0.3 is 0 Å². The van der Waals surface area contributed by atoms with E-state index in [9.17, 15) is 5.11 Å². The Morgan fingerprint density at radius 2 is 2.11 bits per heavy atom. The van der Waals surface area contributed by atoms with Crippen LogP contribution in [0.1, 0.15) is 0 Å². The van der Waals surface area contributed by atoms with Gasteiger partial charge in [0.15, 0.2) is 0 Å². The average molecular weight is 277 g/mol. The summed E-state index contributed by atoms with van der Waals surface area (Å²) in [4.78, 5) is 4.28. The van der Waals surface area contributed by atoms with Gasteiger partial charge < -0.3 is 9.84 Å². The lowest BCUT2D eigenvalue weighted by Crippen LogP contribution is -2.47. The standard InChI is InChI=1S/C13H15N3O2S/c17-6-13(7-18-8-13)9-19-12-14-10-16(15-12)11-4-2-1-3-5-11/h1-5,10,17H,6-9H2. The van der Waals surface area contributed by atoms with Gasteiger partial charge in [-0.05, 0) is 12.1 Å². The van der Waals surface area contributed by atoms with Crippen molar-refractivity contribution in [3.63, 3.8) is 0 Å². The monoisotopic (exact) mass is 277 g/mol. The van der Waals surface area contributed by atoms with E-state index in [1.54, 1.807) is 22.8 Å². The largest absolute Gasteiger partial charge is 0.396 e. The van der Waals surface area contributed by atoms with Crippen LogP contribution in [0.25, 0.3) is 5.69 Å². The molecule has 1 N–H and O–H groups in total. The molecule has 1 saturated heterocycles. The molecule has 0 radical (unpaired) electrons. The number of rotatable bonds is 5. The number of benzene rings is 1. The van der Waals surface area contributed by atoms with Crippen LogP contribution in [0.5, 0.6) is 0 Å². The Morgan fingerprint density at radius 1 is 1.32 bits per heavy atom. The Balaban J connectivity index is 1.65. The van der Waals surface area contributed by atoms with Crippen molar-refractivity contribution < 1.29 is 9.84 Å². The van der Waals surface area contributed by atoms with Gasteiger partial charge in [0.05, 0.1) is 25.5 Å². The second-order valence-electron chi connectivity index (χ2n) is 4.75. The maximum absolute atomic E-state index is 9.36. The summed E-state index contributed by atoms with van der Waals surface area (Å²) in [5.41, 5.74) is 0.883. The lowest BCUT2D eigenvalue weighted by molar-refractivity contribution is -0.121. The van der Waals surface area contributed by atoms with E-state index in [4.69, 9.17) is 4.74 Å². The molecule has 0 saturated carbocycles. The molecule has 1 fully saturated rings. The van der Waals surface area contributed by atoms with Crippen molar-refractivity contribution >= 4 is 11.8 Å². The molecule has 1 aromatic heterocycles. The Hall–Kier alpha value is -1.37. The molecule has 6 heteroatoms. The molecular formula is C13H15N3O2S. The van der Waals surface area contributed by atoms with Gasteiger partial charge in [0.1, 0.15) is 6.33 Å². The van der Waals surface area contributed by atoms with E-state index in [-0.39, 0.29) is 12.0 Å². The van der Waals surface area contributed by atoms with Gasteiger partial charge in [0.25, 0.3) is 0 Å². The molecule has 0 unspecified atom stereocenters. The van der Waals surface area contributed by atoms with Gasteiger partial charge in [-0.15, -0.1) is 5.10 Å². The van der Waals surface area contributed by atoms with Gasteiger partial charge in [-0.3, -0.25) is 0 Å². The topological polar surface area (TPSA) is 60.2 Å². The second kappa shape index (κ2) is 5.32. The summed E-state index contributed by atoms with van der Waals surface area (Å²) in [5.74, 6) is 0.780. The van der Waals surface area contributed by atoms with Crippen molar-refractivity contribution in [2.75, 3.05) is 25.6 Å². The van der Waals surface area contributed by atoms with Gasteiger partial charge in [0, 0.05) is 11.2 Å². The first-order valence-corrected chi connectivity index (χ1v) is 7.08. The molecule has 2 heterocycles. The predicted molar refractivity (Wildman–Crippen MR) is 72.4 cm³/mol. The number of aromatic nitrogens is 3. The molecule has 0 bridgehead atoms. The van der Waals surface area contributed by atoms with E-state index in [0.717, 1.165) is 16.6 Å². The van der Waals surface area contributed by atoms with Crippen LogP contribution >= 0.6 is 11.8 Å². The minimum Gasteiger partial charge on any atom is -0.396 e. The summed E-state index contributed by atoms with van der Waals surface area (Å²) >= 11 is 1.56. The number of hydrogen-bond donors (Lipinski definition) is 1. The first-order valence-electron chi connectivity index (χ1n) is 6.10. The van der Waals surface area contributed by atoms with Crippen molar-refractivity contribution in [3.8, 4) is 5.69 Å². The lowest BCUT2D eigenvalue weighted by atomic mass is 9.90. The molecule has 5 nitrogen and oxygen atoms in total. The van der Waals surface area contributed by atoms with Crippen LogP contribution in [0.3, 0.4) is 0 Å². The normalized spacial score (nSPS) is 17.1. The van der Waals surface area contributed by atoms with Gasteiger partial charge in [-0.25, -0.2) is 9.67 Å². The lowest BCUT2D eigenvalue weighted by Gasteiger charge is -2.39. The fraction of sp³-hybridized carbons (Fsp3) is 0.385. The van der Waals surface area contributed by atoms with E-state index in [2.05, 4.69) is 10.1 Å². The molecule has 3 rings (SSSR count). The van der Waals surface area contributed by atoms with Crippen LogP contribution in [0.4, 0.5) is 0 Å². The first-order chi connectivity index (χ1) is 9.31. The first kappa shape index (κ1) is 12.7. The Bertz CT molecular complexity index is 534. The zero-order valence-corrected chi connectivity index (χ0v) is 11.2. The third-order valence-electron chi connectivity index (χ3n) is 3.15. The van der Waals surface area contributed by atoms with Crippen molar-refractivity contribution in [1.82, 2.24) is 14.8 Å². The highest BCUT2D eigenvalue weighted by Crippen LogP contribution is 2.32. The summed E-state index contributed by atoms with van der Waals surface area (Å²) in [6, 6.07) is 9.88. The molecule has 0 amide bonds. The highest BCUT2D eigenvalue weighted by Gasteiger charge is 2.38. The van der Waals surface area contributed by atoms with E-state index in [0.29, 0.717) is 13.2 Å². The summed E-state index contributed by atoms with van der Waals surface area (Å²) in [7, 11) is 0. The number of hydrogen-bond acceptors (Lipinski definition) is 5. The summed E-state index contributed by atoms with van der Waals surface area (Å²) < 4.78 is 6.93. The molecule has 1 aliphatic heterocycles. The van der Waals surface area contributed by atoms with Crippen LogP contribution < -0.4 is 0 Å². The smallest absolute Gasteiger partial charge is 0.208 e. The number of nitrogens with zero attached hydrogens (tertiary/aromatic N) is 3. The Morgan fingerprint density at radius 3 is 2.74 bits per heavy atom.